The van der Waals surface area contributed by atoms with E-state index >= 15 is 4.79 Å². The molecule has 4 saturated carbocycles. The molecule has 9 heteroatoms. The van der Waals surface area contributed by atoms with Gasteiger partial charge >= 0.3 is 0 Å². The normalized spacial score (nSPS) is 40.6. The zero-order valence-corrected chi connectivity index (χ0v) is 44.0. The molecule has 3 aliphatic heterocycles. The molecular formula is C61H85N3O6. The highest BCUT2D eigenvalue weighted by Crippen LogP contribution is 2.76. The van der Waals surface area contributed by atoms with Gasteiger partial charge in [-0.1, -0.05) is 59.6 Å². The van der Waals surface area contributed by atoms with Crippen molar-refractivity contribution in [3.8, 4) is 0 Å². The standard InChI is InChI=1S/C61H85N3O6/c1-56(2)55(70-56)46(66)30-57(3)20-15-38-32-63-51-39(27-35-28-42(37-18-25-69-26-19-37)41-14-13-36-11-9-10-12-40(36)43(41)29-35)33-64(52(38)51)34-44-49-50(57)45(65)31-61(49,7)60(6)22-16-47-58(4,23-24-62-8)48(67)17-21-59(47,5)54(60)53(44)68/h28-29,32-33,36-37,40,44,46-47,53-55,62-63,66,68H,9-27,30-31,34H2,1-8H3. The fraction of sp³-hybridized carbons (Fsp3) is 0.738. The summed E-state index contributed by atoms with van der Waals surface area (Å²) in [5.41, 5.74) is 10.6. The van der Waals surface area contributed by atoms with E-state index in [9.17, 15) is 15.0 Å². The molecule has 9 aliphatic rings. The Morgan fingerprint density at radius 2 is 1.66 bits per heavy atom. The van der Waals surface area contributed by atoms with Crippen molar-refractivity contribution in [2.45, 2.75) is 206 Å². The van der Waals surface area contributed by atoms with Gasteiger partial charge in [-0.25, -0.2) is 0 Å². The molecule has 380 valence electrons. The second-order valence-electron chi connectivity index (χ2n) is 26.8. The van der Waals surface area contributed by atoms with E-state index in [0.717, 1.165) is 82.6 Å². The fourth-order valence-corrected chi connectivity index (χ4v) is 19.1. The molecule has 9 nitrogen and oxygen atoms in total. The van der Waals surface area contributed by atoms with Crippen LogP contribution in [-0.2, 0) is 44.9 Å². The quantitative estimate of drug-likeness (QED) is 0.157. The Labute approximate surface area is 418 Å². The number of rotatable bonds is 9. The van der Waals surface area contributed by atoms with E-state index in [4.69, 9.17) is 9.47 Å². The van der Waals surface area contributed by atoms with E-state index in [1.54, 1.807) is 16.7 Å². The number of carbonyl (C=O) groups excluding carboxylic acids is 2. The first kappa shape index (κ1) is 47.9. The minimum absolute atomic E-state index is 0.106. The number of fused-ring (bicyclic) bond motifs is 7. The molecule has 0 radical (unpaired) electrons. The van der Waals surface area contributed by atoms with Crippen LogP contribution in [0.5, 0.6) is 0 Å². The van der Waals surface area contributed by atoms with Crippen molar-refractivity contribution in [2.75, 3.05) is 26.8 Å². The van der Waals surface area contributed by atoms with E-state index in [1.807, 2.05) is 7.05 Å². The maximum atomic E-state index is 15.5. The third-order valence-electron chi connectivity index (χ3n) is 22.7. The average molecular weight is 956 g/mol. The fourth-order valence-electron chi connectivity index (χ4n) is 19.1. The lowest BCUT2D eigenvalue weighted by molar-refractivity contribution is -0.222. The summed E-state index contributed by atoms with van der Waals surface area (Å²) in [4.78, 5) is 33.5. The van der Waals surface area contributed by atoms with E-state index < -0.39 is 34.1 Å². The van der Waals surface area contributed by atoms with Gasteiger partial charge < -0.3 is 34.6 Å². The van der Waals surface area contributed by atoms with Crippen LogP contribution in [0.1, 0.15) is 190 Å². The van der Waals surface area contributed by atoms with Crippen molar-refractivity contribution >= 4 is 22.6 Å². The smallest absolute Gasteiger partial charge is 0.160 e. The number of ether oxygens (including phenoxy) is 2. The minimum Gasteiger partial charge on any atom is -0.392 e. The van der Waals surface area contributed by atoms with Gasteiger partial charge in [0, 0.05) is 73.7 Å². The number of aliphatic hydroxyl groups is 2. The molecule has 0 spiro atoms. The van der Waals surface area contributed by atoms with Crippen molar-refractivity contribution in [1.82, 2.24) is 14.9 Å². The SMILES string of the molecule is CNCCC1(C)C(=O)CCC2(C)C1CCC1(C)C2C(O)C2Cn3cc(Cc4cc(C5CCOCC5)c5c(c4)C4CCCCC4CC5)c4[nH]cc(c43)CCC(C)(CC(O)C3OC3(C)C)C3=C2C1(C)CC3=O. The lowest BCUT2D eigenvalue weighted by atomic mass is 9.34. The van der Waals surface area contributed by atoms with Crippen LogP contribution in [0, 0.1) is 50.7 Å². The molecule has 12 rings (SSSR count). The molecule has 4 N–H and O–H groups in total. The molecule has 3 aromatic rings. The van der Waals surface area contributed by atoms with E-state index in [-0.39, 0.29) is 40.5 Å². The Kier molecular flexibility index (Phi) is 11.4. The molecule has 2 aromatic heterocycles. The Morgan fingerprint density at radius 1 is 0.900 bits per heavy atom. The lowest BCUT2D eigenvalue weighted by Crippen LogP contribution is -2.68. The van der Waals surface area contributed by atoms with Crippen molar-refractivity contribution in [3.63, 3.8) is 0 Å². The molecule has 6 aliphatic carbocycles. The molecule has 6 fully saturated rings. The number of ketones is 2. The Morgan fingerprint density at radius 3 is 2.41 bits per heavy atom. The van der Waals surface area contributed by atoms with Crippen LogP contribution in [0.25, 0.3) is 11.0 Å². The van der Waals surface area contributed by atoms with Crippen LogP contribution in [0.4, 0.5) is 0 Å². The molecule has 70 heavy (non-hydrogen) atoms. The van der Waals surface area contributed by atoms with E-state index in [1.165, 1.54) is 71.8 Å². The van der Waals surface area contributed by atoms with Gasteiger partial charge in [-0.05, 0) is 196 Å². The number of Topliss-reactive ketones (excluding diaryl/α,β-unsaturated/α-hetero) is 2. The summed E-state index contributed by atoms with van der Waals surface area (Å²) in [7, 11) is 1.98. The summed E-state index contributed by atoms with van der Waals surface area (Å²) < 4.78 is 14.5. The second kappa shape index (κ2) is 16.7. The summed E-state index contributed by atoms with van der Waals surface area (Å²) in [6, 6.07) is 5.22. The first-order valence-corrected chi connectivity index (χ1v) is 28.3. The van der Waals surface area contributed by atoms with Gasteiger partial charge in [0.2, 0.25) is 0 Å². The maximum absolute atomic E-state index is 15.5. The van der Waals surface area contributed by atoms with Gasteiger partial charge in [-0.3, -0.25) is 9.59 Å². The first-order chi connectivity index (χ1) is 33.3. The van der Waals surface area contributed by atoms with Crippen molar-refractivity contribution in [1.29, 1.82) is 0 Å². The number of H-pyrrole nitrogens is 1. The number of aromatic nitrogens is 2. The number of aromatic amines is 1. The number of aliphatic hydroxyl groups excluding tert-OH is 2. The Hall–Kier alpha value is -3.08. The van der Waals surface area contributed by atoms with Crippen LogP contribution in [-0.4, -0.2) is 82.0 Å². The largest absolute Gasteiger partial charge is 0.392 e. The number of hydrogen-bond acceptors (Lipinski definition) is 7. The van der Waals surface area contributed by atoms with Crippen molar-refractivity contribution in [3.05, 3.63) is 69.1 Å². The van der Waals surface area contributed by atoms with Crippen LogP contribution in [0.2, 0.25) is 0 Å². The van der Waals surface area contributed by atoms with Gasteiger partial charge in [-0.15, -0.1) is 0 Å². The van der Waals surface area contributed by atoms with Crippen LogP contribution in [0.3, 0.4) is 0 Å². The lowest BCUT2D eigenvalue weighted by Gasteiger charge is -2.70. The number of epoxide rings is 1. The number of nitrogens with one attached hydrogen (secondary N) is 2. The molecule has 13 unspecified atom stereocenters. The number of allylic oxidation sites excluding steroid dienone is 1. The molecule has 0 bridgehead atoms. The maximum Gasteiger partial charge on any atom is 0.160 e. The van der Waals surface area contributed by atoms with Crippen molar-refractivity contribution < 1.29 is 29.3 Å². The Bertz CT molecular complexity index is 2620. The van der Waals surface area contributed by atoms with Crippen LogP contribution < -0.4 is 5.32 Å². The van der Waals surface area contributed by atoms with Crippen LogP contribution in [0.15, 0.2) is 35.7 Å². The predicted octanol–water partition coefficient (Wildman–Crippen LogP) is 10.8. The molecule has 1 aromatic carbocycles. The highest BCUT2D eigenvalue weighted by atomic mass is 16.6. The van der Waals surface area contributed by atoms with Gasteiger partial charge in [0.25, 0.3) is 0 Å². The van der Waals surface area contributed by atoms with Gasteiger partial charge in [0.1, 0.15) is 11.9 Å². The highest BCUT2D eigenvalue weighted by Gasteiger charge is 2.73. The highest BCUT2D eigenvalue weighted by molar-refractivity contribution is 6.02. The molecule has 0 amide bonds. The summed E-state index contributed by atoms with van der Waals surface area (Å²) in [5.74, 6) is 2.31. The number of nitrogens with zero attached hydrogens (tertiary/aromatic N) is 1. The average Bonchev–Trinajstić information content (AvgIpc) is 3.56. The van der Waals surface area contributed by atoms with Crippen LogP contribution >= 0.6 is 0 Å². The topological polar surface area (TPSA) is 129 Å². The molecule has 5 heterocycles. The molecular weight excluding hydrogens is 871 g/mol. The molecule has 13 atom stereocenters. The van der Waals surface area contributed by atoms with E-state index in [0.29, 0.717) is 49.8 Å². The number of aryl methyl sites for hydroxylation is 1. The summed E-state index contributed by atoms with van der Waals surface area (Å²) in [6.07, 6.45) is 20.1. The zero-order valence-electron chi connectivity index (χ0n) is 44.0. The Balaban J connectivity index is 0.999. The third kappa shape index (κ3) is 6.98. The number of hydrogen-bond donors (Lipinski definition) is 4. The predicted molar refractivity (Wildman–Crippen MR) is 275 cm³/mol. The minimum atomic E-state index is -0.725. The van der Waals surface area contributed by atoms with Gasteiger partial charge in [0.15, 0.2) is 5.78 Å². The summed E-state index contributed by atoms with van der Waals surface area (Å²) in [5, 5.41) is 29.3. The van der Waals surface area contributed by atoms with Crippen molar-refractivity contribution in [2.24, 2.45) is 50.7 Å². The number of carbonyl (C=O) groups is 2. The van der Waals surface area contributed by atoms with Gasteiger partial charge in [-0.2, -0.15) is 0 Å². The first-order valence-electron chi connectivity index (χ1n) is 28.3. The van der Waals surface area contributed by atoms with Gasteiger partial charge in [0.05, 0.1) is 28.8 Å². The number of benzene rings is 1. The van der Waals surface area contributed by atoms with E-state index in [2.05, 4.69) is 87.9 Å². The third-order valence-corrected chi connectivity index (χ3v) is 22.7. The molecule has 2 saturated heterocycles. The zero-order chi connectivity index (χ0) is 48.9. The second-order valence-corrected chi connectivity index (χ2v) is 26.8. The monoisotopic (exact) mass is 956 g/mol. The summed E-state index contributed by atoms with van der Waals surface area (Å²) in [6.45, 7) is 18.9. The summed E-state index contributed by atoms with van der Waals surface area (Å²) >= 11 is 0.